The molecule has 0 radical (unpaired) electrons. The number of likely N-dealkylation sites (tertiary alicyclic amines) is 1. The van der Waals surface area contributed by atoms with E-state index in [1.165, 1.54) is 7.11 Å². The summed E-state index contributed by atoms with van der Waals surface area (Å²) >= 11 is 8.14. The van der Waals surface area contributed by atoms with Crippen molar-refractivity contribution < 1.29 is 19.4 Å². The fraction of sp³-hybridized carbons (Fsp3) is 0.455. The lowest BCUT2D eigenvalue weighted by Crippen LogP contribution is -2.36. The lowest BCUT2D eigenvalue weighted by Gasteiger charge is -2.30. The lowest BCUT2D eigenvalue weighted by molar-refractivity contribution is -0.126. The lowest BCUT2D eigenvalue weighted by atomic mass is 9.78. The van der Waals surface area contributed by atoms with E-state index in [-0.39, 0.29) is 16.7 Å². The second-order valence-corrected chi connectivity index (χ2v) is 13.9. The zero-order valence-corrected chi connectivity index (χ0v) is 26.9. The number of phenols is 1. The summed E-state index contributed by atoms with van der Waals surface area (Å²) in [6.45, 7) is 14.1. The normalized spacial score (nSPS) is 15.0. The monoisotopic (exact) mass is 596 g/mol. The van der Waals surface area contributed by atoms with Crippen LogP contribution in [-0.2, 0) is 15.6 Å². The highest BCUT2D eigenvalue weighted by atomic mass is 35.5. The van der Waals surface area contributed by atoms with Crippen LogP contribution in [0.5, 0.6) is 17.2 Å². The number of hydrogen-bond donors (Lipinski definition) is 1. The zero-order valence-electron chi connectivity index (χ0n) is 25.3. The maximum Gasteiger partial charge on any atom is 0.246 e. The molecule has 6 nitrogen and oxygen atoms in total. The van der Waals surface area contributed by atoms with Gasteiger partial charge < -0.3 is 19.5 Å². The van der Waals surface area contributed by atoms with Gasteiger partial charge in [0, 0.05) is 47.2 Å². The molecule has 1 aliphatic heterocycles. The van der Waals surface area contributed by atoms with Crippen LogP contribution in [0.1, 0.15) is 82.0 Å². The smallest absolute Gasteiger partial charge is 0.246 e. The molecule has 0 atom stereocenters. The van der Waals surface area contributed by atoms with Crippen LogP contribution >= 0.6 is 22.9 Å². The Balaban J connectivity index is 1.46. The SMILES string of the molecule is COc1ccc(C=CC(=O)N2CCC(c3nc(-c4cc(C(C)(C)C)c(O)c(C(C)(C)C)c4)cs3)CC2)c(Cl)c1OC. The number of nitrogens with zero attached hydrogens (tertiary/aromatic N) is 2. The summed E-state index contributed by atoms with van der Waals surface area (Å²) in [7, 11) is 3.09. The van der Waals surface area contributed by atoms with E-state index in [4.69, 9.17) is 26.1 Å². The minimum Gasteiger partial charge on any atom is -0.507 e. The number of benzene rings is 2. The number of rotatable bonds is 6. The highest BCUT2D eigenvalue weighted by molar-refractivity contribution is 7.10. The highest BCUT2D eigenvalue weighted by Gasteiger charge is 2.29. The number of aromatic nitrogens is 1. The van der Waals surface area contributed by atoms with E-state index < -0.39 is 0 Å². The molecular formula is C33H41ClN2O4S. The van der Waals surface area contributed by atoms with Gasteiger partial charge in [-0.15, -0.1) is 11.3 Å². The van der Waals surface area contributed by atoms with E-state index in [9.17, 15) is 9.90 Å². The Morgan fingerprint density at radius 1 is 1.05 bits per heavy atom. The van der Waals surface area contributed by atoms with Crippen LogP contribution in [-0.4, -0.2) is 48.2 Å². The van der Waals surface area contributed by atoms with Gasteiger partial charge in [0.25, 0.3) is 0 Å². The topological polar surface area (TPSA) is 71.9 Å². The molecule has 0 spiro atoms. The Kier molecular flexibility index (Phi) is 9.10. The van der Waals surface area contributed by atoms with Crippen molar-refractivity contribution in [1.82, 2.24) is 9.88 Å². The minimum absolute atomic E-state index is 0.0392. The van der Waals surface area contributed by atoms with E-state index >= 15 is 0 Å². The number of carbonyl (C=O) groups is 1. The number of carbonyl (C=O) groups excluding carboxylic acids is 1. The van der Waals surface area contributed by atoms with Gasteiger partial charge in [-0.2, -0.15) is 0 Å². The average Bonchev–Trinajstić information content (AvgIpc) is 3.41. The molecule has 1 aliphatic rings. The van der Waals surface area contributed by atoms with Gasteiger partial charge >= 0.3 is 0 Å². The zero-order chi connectivity index (χ0) is 30.1. The van der Waals surface area contributed by atoms with Gasteiger partial charge in [-0.05, 0) is 59.6 Å². The average molecular weight is 597 g/mol. The molecule has 4 rings (SSSR count). The number of halogens is 1. The molecule has 0 unspecified atom stereocenters. The molecule has 8 heteroatoms. The molecule has 0 aliphatic carbocycles. The largest absolute Gasteiger partial charge is 0.507 e. The van der Waals surface area contributed by atoms with E-state index in [1.807, 2.05) is 11.0 Å². The molecule has 1 saturated heterocycles. The number of hydrogen-bond acceptors (Lipinski definition) is 6. The molecule has 2 heterocycles. The predicted molar refractivity (Wildman–Crippen MR) is 169 cm³/mol. The Morgan fingerprint density at radius 2 is 1.66 bits per heavy atom. The van der Waals surface area contributed by atoms with Gasteiger partial charge in [-0.1, -0.05) is 53.1 Å². The molecule has 1 aromatic heterocycles. The Labute approximate surface area is 253 Å². The first kappa shape index (κ1) is 30.9. The van der Waals surface area contributed by atoms with Gasteiger partial charge in [-0.25, -0.2) is 4.98 Å². The maximum absolute atomic E-state index is 13.0. The van der Waals surface area contributed by atoms with Crippen molar-refractivity contribution in [2.45, 2.75) is 71.1 Å². The Morgan fingerprint density at radius 3 is 2.20 bits per heavy atom. The summed E-state index contributed by atoms with van der Waals surface area (Å²) in [5.41, 5.74) is 4.14. The molecule has 3 aromatic rings. The molecule has 1 amide bonds. The quantitative estimate of drug-likeness (QED) is 0.290. The highest BCUT2D eigenvalue weighted by Crippen LogP contribution is 2.43. The van der Waals surface area contributed by atoms with Crippen molar-refractivity contribution in [1.29, 1.82) is 0 Å². The Hall–Kier alpha value is -3.03. The van der Waals surface area contributed by atoms with Crippen LogP contribution < -0.4 is 9.47 Å². The van der Waals surface area contributed by atoms with Crippen LogP contribution in [0, 0.1) is 0 Å². The van der Waals surface area contributed by atoms with Crippen molar-refractivity contribution in [3.05, 3.63) is 62.4 Å². The predicted octanol–water partition coefficient (Wildman–Crippen LogP) is 8.20. The Bertz CT molecular complexity index is 1410. The standard InChI is InChI=1S/C33H41ClN2O4S/c1-32(2,3)23-17-22(18-24(29(23)38)33(4,5)6)25-19-41-31(35-25)21-13-15-36(16-14-21)27(37)12-10-20-9-11-26(39-7)30(40-8)28(20)34/h9-12,17-19,21,38H,13-16H2,1-8H3. The number of piperidine rings is 1. The summed E-state index contributed by atoms with van der Waals surface area (Å²) in [4.78, 5) is 19.9. The summed E-state index contributed by atoms with van der Waals surface area (Å²) in [6.07, 6.45) is 5.01. The number of amides is 1. The third-order valence-corrected chi connectivity index (χ3v) is 9.02. The van der Waals surface area contributed by atoms with Gasteiger partial charge in [0.15, 0.2) is 11.5 Å². The van der Waals surface area contributed by atoms with Crippen LogP contribution in [0.25, 0.3) is 17.3 Å². The van der Waals surface area contributed by atoms with Crippen molar-refractivity contribution in [3.63, 3.8) is 0 Å². The first-order valence-corrected chi connectivity index (χ1v) is 15.2. The van der Waals surface area contributed by atoms with Crippen molar-refractivity contribution >= 4 is 34.9 Å². The summed E-state index contributed by atoms with van der Waals surface area (Å²) in [5, 5.41) is 14.7. The van der Waals surface area contributed by atoms with E-state index in [1.54, 1.807) is 36.7 Å². The fourth-order valence-corrected chi connectivity index (χ4v) is 6.48. The third-order valence-electron chi connectivity index (χ3n) is 7.62. The van der Waals surface area contributed by atoms with Crippen LogP contribution in [0.3, 0.4) is 0 Å². The van der Waals surface area contributed by atoms with E-state index in [0.717, 1.165) is 40.2 Å². The molecular weight excluding hydrogens is 556 g/mol. The molecule has 0 saturated carbocycles. The number of aromatic hydroxyl groups is 1. The molecule has 0 bridgehead atoms. The van der Waals surface area contributed by atoms with Crippen molar-refractivity contribution in [2.75, 3.05) is 27.3 Å². The first-order valence-electron chi connectivity index (χ1n) is 14.0. The van der Waals surface area contributed by atoms with Gasteiger partial charge in [0.1, 0.15) is 5.75 Å². The molecule has 1 N–H and O–H groups in total. The second-order valence-electron chi connectivity index (χ2n) is 12.6. The second kappa shape index (κ2) is 12.1. The first-order chi connectivity index (χ1) is 19.2. The van der Waals surface area contributed by atoms with Crippen LogP contribution in [0.2, 0.25) is 5.02 Å². The third kappa shape index (κ3) is 6.73. The summed E-state index contributed by atoms with van der Waals surface area (Å²) < 4.78 is 10.6. The van der Waals surface area contributed by atoms with Gasteiger partial charge in [0.05, 0.1) is 29.9 Å². The summed E-state index contributed by atoms with van der Waals surface area (Å²) in [6, 6.07) is 7.75. The minimum atomic E-state index is -0.197. The number of ether oxygens (including phenoxy) is 2. The number of phenolic OH excluding ortho intramolecular Hbond substituents is 1. The molecule has 220 valence electrons. The molecule has 1 fully saturated rings. The van der Waals surface area contributed by atoms with Gasteiger partial charge in [-0.3, -0.25) is 4.79 Å². The number of methoxy groups -OCH3 is 2. The molecule has 41 heavy (non-hydrogen) atoms. The van der Waals surface area contributed by atoms with Crippen molar-refractivity contribution in [3.8, 4) is 28.5 Å². The summed E-state index contributed by atoms with van der Waals surface area (Å²) in [5.74, 6) is 1.64. The van der Waals surface area contributed by atoms with Crippen LogP contribution in [0.4, 0.5) is 0 Å². The molecule has 2 aromatic carbocycles. The van der Waals surface area contributed by atoms with E-state index in [0.29, 0.717) is 46.8 Å². The number of thiazole rings is 1. The van der Waals surface area contributed by atoms with Crippen LogP contribution in [0.15, 0.2) is 35.7 Å². The van der Waals surface area contributed by atoms with E-state index in [2.05, 4.69) is 59.1 Å². The van der Waals surface area contributed by atoms with Gasteiger partial charge in [0.2, 0.25) is 5.91 Å². The maximum atomic E-state index is 13.0. The van der Waals surface area contributed by atoms with Crippen molar-refractivity contribution in [2.24, 2.45) is 0 Å². The fourth-order valence-electron chi connectivity index (χ4n) is 5.18.